The SMILES string of the molecule is c1ccc(-c2nc(-c3ccccc3)nc(-n3c4cc(-c5cccc6c5sc5ccccc56)ccc4c4c5sc6ccccc6c5ccc43)n2)cc1. The molecule has 0 unspecified atom stereocenters. The zero-order valence-electron chi connectivity index (χ0n) is 27.1. The van der Waals surface area contributed by atoms with E-state index in [2.05, 4.69) is 126 Å². The van der Waals surface area contributed by atoms with E-state index in [9.17, 15) is 0 Å². The molecule has 0 saturated heterocycles. The van der Waals surface area contributed by atoms with E-state index in [0.717, 1.165) is 27.7 Å². The zero-order valence-corrected chi connectivity index (χ0v) is 28.7. The monoisotopic (exact) mass is 686 g/mol. The minimum absolute atomic E-state index is 0.598. The van der Waals surface area contributed by atoms with Gasteiger partial charge in [-0.3, -0.25) is 4.57 Å². The van der Waals surface area contributed by atoms with Crippen LogP contribution in [0.1, 0.15) is 0 Å². The molecule has 0 radical (unpaired) electrons. The maximum Gasteiger partial charge on any atom is 0.238 e. The molecule has 0 fully saturated rings. The Bertz CT molecular complexity index is 3080. The fraction of sp³-hybridized carbons (Fsp3) is 0. The predicted octanol–water partition coefficient (Wildman–Crippen LogP) is 12.7. The second-order valence-electron chi connectivity index (χ2n) is 12.8. The van der Waals surface area contributed by atoms with Crippen LogP contribution in [0.25, 0.3) is 102 Å². The Labute approximate surface area is 300 Å². The van der Waals surface area contributed by atoms with Crippen molar-refractivity contribution in [2.75, 3.05) is 0 Å². The number of aromatic nitrogens is 4. The van der Waals surface area contributed by atoms with Crippen LogP contribution in [0.2, 0.25) is 0 Å². The van der Waals surface area contributed by atoms with E-state index in [-0.39, 0.29) is 0 Å². The first-order valence-electron chi connectivity index (χ1n) is 16.9. The smallest absolute Gasteiger partial charge is 0.238 e. The van der Waals surface area contributed by atoms with E-state index in [0.29, 0.717) is 17.6 Å². The highest BCUT2D eigenvalue weighted by molar-refractivity contribution is 7.27. The van der Waals surface area contributed by atoms with Gasteiger partial charge in [-0.05, 0) is 35.4 Å². The standard InChI is InChI=1S/C45H26N4S2/c1-3-12-27(13-4-1)43-46-44(28-14-5-2-6-15-28)48-45(47-43)49-36-25-24-34-32-17-8-10-21-39(32)51-42(34)40(36)35-23-22-29(26-37(35)49)30-18-11-19-33-31-16-7-9-20-38(31)50-41(30)33/h1-26H. The van der Waals surface area contributed by atoms with Crippen LogP contribution < -0.4 is 0 Å². The van der Waals surface area contributed by atoms with Crippen molar-refractivity contribution in [1.82, 2.24) is 19.5 Å². The van der Waals surface area contributed by atoms with Crippen LogP contribution in [0.15, 0.2) is 158 Å². The van der Waals surface area contributed by atoms with Crippen molar-refractivity contribution in [1.29, 1.82) is 0 Å². The quantitative estimate of drug-likeness (QED) is 0.185. The third kappa shape index (κ3) is 4.40. The summed E-state index contributed by atoms with van der Waals surface area (Å²) in [5.74, 6) is 1.88. The van der Waals surface area contributed by atoms with Crippen molar-refractivity contribution >= 4 is 84.8 Å². The number of nitrogens with zero attached hydrogens (tertiary/aromatic N) is 4. The van der Waals surface area contributed by atoms with E-state index in [1.807, 2.05) is 59.1 Å². The number of fused-ring (bicyclic) bond motifs is 10. The van der Waals surface area contributed by atoms with Gasteiger partial charge in [0, 0.05) is 62.2 Å². The number of benzene rings is 7. The molecule has 11 aromatic rings. The Balaban J connectivity index is 1.25. The minimum atomic E-state index is 0.598. The Morgan fingerprint density at radius 1 is 0.392 bits per heavy atom. The highest BCUT2D eigenvalue weighted by atomic mass is 32.1. The first kappa shape index (κ1) is 28.6. The molecular weight excluding hydrogens is 661 g/mol. The molecule has 4 heterocycles. The number of thiophene rings is 2. The van der Waals surface area contributed by atoms with Crippen LogP contribution in [0.5, 0.6) is 0 Å². The summed E-state index contributed by atoms with van der Waals surface area (Å²) in [5.41, 5.74) is 6.42. The molecule has 4 nitrogen and oxygen atoms in total. The van der Waals surface area contributed by atoms with E-state index < -0.39 is 0 Å². The zero-order chi connectivity index (χ0) is 33.5. The van der Waals surface area contributed by atoms with Gasteiger partial charge in [0.15, 0.2) is 11.6 Å². The maximum atomic E-state index is 5.22. The molecule has 238 valence electrons. The summed E-state index contributed by atoms with van der Waals surface area (Å²) < 4.78 is 7.41. The second-order valence-corrected chi connectivity index (χ2v) is 14.9. The van der Waals surface area contributed by atoms with Crippen molar-refractivity contribution in [2.24, 2.45) is 0 Å². The van der Waals surface area contributed by atoms with Crippen LogP contribution in [0, 0.1) is 0 Å². The lowest BCUT2D eigenvalue weighted by Gasteiger charge is -2.11. The van der Waals surface area contributed by atoms with E-state index in [1.165, 1.54) is 56.7 Å². The van der Waals surface area contributed by atoms with Gasteiger partial charge in [-0.25, -0.2) is 4.98 Å². The highest BCUT2D eigenvalue weighted by Crippen LogP contribution is 2.45. The second kappa shape index (κ2) is 11.2. The fourth-order valence-corrected chi connectivity index (χ4v) is 10.0. The molecule has 0 saturated carbocycles. The number of hydrogen-bond donors (Lipinski definition) is 0. The first-order chi connectivity index (χ1) is 25.3. The van der Waals surface area contributed by atoms with E-state index in [1.54, 1.807) is 0 Å². The molecule has 0 atom stereocenters. The average molecular weight is 687 g/mol. The summed E-state index contributed by atoms with van der Waals surface area (Å²) in [6, 6.07) is 55.9. The number of hydrogen-bond acceptors (Lipinski definition) is 5. The first-order valence-corrected chi connectivity index (χ1v) is 18.6. The van der Waals surface area contributed by atoms with Crippen molar-refractivity contribution in [3.63, 3.8) is 0 Å². The topological polar surface area (TPSA) is 43.6 Å². The van der Waals surface area contributed by atoms with Gasteiger partial charge < -0.3 is 0 Å². The van der Waals surface area contributed by atoms with Crippen LogP contribution in [-0.2, 0) is 0 Å². The lowest BCUT2D eigenvalue weighted by Crippen LogP contribution is -2.06. The number of rotatable bonds is 4. The van der Waals surface area contributed by atoms with Gasteiger partial charge in [0.2, 0.25) is 5.95 Å². The molecule has 4 aromatic heterocycles. The van der Waals surface area contributed by atoms with E-state index >= 15 is 0 Å². The normalized spacial score (nSPS) is 11.9. The van der Waals surface area contributed by atoms with Crippen LogP contribution >= 0.6 is 22.7 Å². The molecule has 51 heavy (non-hydrogen) atoms. The summed E-state index contributed by atoms with van der Waals surface area (Å²) >= 11 is 3.71. The lowest BCUT2D eigenvalue weighted by atomic mass is 10.0. The molecule has 0 spiro atoms. The summed E-state index contributed by atoms with van der Waals surface area (Å²) in [7, 11) is 0. The van der Waals surface area contributed by atoms with Gasteiger partial charge in [0.25, 0.3) is 0 Å². The molecular formula is C45H26N4S2. The third-order valence-electron chi connectivity index (χ3n) is 9.88. The molecule has 0 N–H and O–H groups in total. The van der Waals surface area contributed by atoms with Crippen molar-refractivity contribution in [2.45, 2.75) is 0 Å². The molecule has 7 aromatic carbocycles. The molecule has 0 aliphatic rings. The predicted molar refractivity (Wildman–Crippen MR) is 216 cm³/mol. The molecule has 0 aliphatic heterocycles. The largest absolute Gasteiger partial charge is 0.278 e. The fourth-order valence-electron chi connectivity index (χ4n) is 7.54. The van der Waals surface area contributed by atoms with Crippen molar-refractivity contribution in [3.05, 3.63) is 158 Å². The van der Waals surface area contributed by atoms with E-state index in [4.69, 9.17) is 15.0 Å². The molecule has 11 rings (SSSR count). The molecule has 0 amide bonds. The lowest BCUT2D eigenvalue weighted by molar-refractivity contribution is 0.954. The van der Waals surface area contributed by atoms with Crippen LogP contribution in [0.4, 0.5) is 0 Å². The maximum absolute atomic E-state index is 5.22. The van der Waals surface area contributed by atoms with Gasteiger partial charge in [0.1, 0.15) is 0 Å². The minimum Gasteiger partial charge on any atom is -0.278 e. The van der Waals surface area contributed by atoms with Gasteiger partial charge in [-0.15, -0.1) is 22.7 Å². The van der Waals surface area contributed by atoms with Gasteiger partial charge in [0.05, 0.1) is 11.0 Å². The Kier molecular flexibility index (Phi) is 6.26. The average Bonchev–Trinajstić information content (AvgIpc) is 3.87. The molecule has 0 bridgehead atoms. The van der Waals surface area contributed by atoms with Gasteiger partial charge in [-0.1, -0.05) is 133 Å². The third-order valence-corrected chi connectivity index (χ3v) is 12.3. The summed E-state index contributed by atoms with van der Waals surface area (Å²) in [5, 5.41) is 7.54. The van der Waals surface area contributed by atoms with Crippen LogP contribution in [0.3, 0.4) is 0 Å². The summed E-state index contributed by atoms with van der Waals surface area (Å²) in [6.07, 6.45) is 0. The Hall–Kier alpha value is -6.21. The van der Waals surface area contributed by atoms with Crippen LogP contribution in [-0.4, -0.2) is 19.5 Å². The van der Waals surface area contributed by atoms with Crippen molar-refractivity contribution < 1.29 is 0 Å². The Morgan fingerprint density at radius 3 is 1.65 bits per heavy atom. The van der Waals surface area contributed by atoms with Gasteiger partial charge in [-0.2, -0.15) is 9.97 Å². The Morgan fingerprint density at radius 2 is 0.961 bits per heavy atom. The van der Waals surface area contributed by atoms with Crippen molar-refractivity contribution in [3.8, 4) is 39.9 Å². The molecule has 0 aliphatic carbocycles. The van der Waals surface area contributed by atoms with Gasteiger partial charge >= 0.3 is 0 Å². The summed E-state index contributed by atoms with van der Waals surface area (Å²) in [4.78, 5) is 15.5. The molecule has 6 heteroatoms. The highest BCUT2D eigenvalue weighted by Gasteiger charge is 2.22. The summed E-state index contributed by atoms with van der Waals surface area (Å²) in [6.45, 7) is 0.